The molecule has 1 aliphatic heterocycles. The molecule has 1 N–H and O–H groups in total. The van der Waals surface area contributed by atoms with Crippen molar-refractivity contribution in [2.45, 2.75) is 45.3 Å². The number of nitrogens with zero attached hydrogens (tertiary/aromatic N) is 1. The summed E-state index contributed by atoms with van der Waals surface area (Å²) in [4.78, 5) is 2.22. The van der Waals surface area contributed by atoms with Crippen molar-refractivity contribution in [2.75, 3.05) is 26.2 Å². The van der Waals surface area contributed by atoms with Gasteiger partial charge in [0.25, 0.3) is 0 Å². The van der Waals surface area contributed by atoms with E-state index in [0.29, 0.717) is 5.56 Å². The van der Waals surface area contributed by atoms with Crippen LogP contribution < -0.4 is 10.1 Å². The summed E-state index contributed by atoms with van der Waals surface area (Å²) in [6, 6.07) is 6.16. The minimum Gasteiger partial charge on any atom is -0.428 e. The summed E-state index contributed by atoms with van der Waals surface area (Å²) in [5.74, 6) is 0.0207. The SMILES string of the molecule is CCCC(C)[C@@H](c1ccccc1OC(F)(F)C(F)F)N1CCNCC1.Cl. The third-order valence-electron chi connectivity index (χ3n) is 4.57. The van der Waals surface area contributed by atoms with Crippen molar-refractivity contribution >= 4 is 12.4 Å². The Balaban J connectivity index is 0.00000338. The number of alkyl halides is 4. The van der Waals surface area contributed by atoms with Crippen LogP contribution in [0.25, 0.3) is 0 Å². The number of halogens is 5. The highest BCUT2D eigenvalue weighted by Gasteiger charge is 2.45. The quantitative estimate of drug-likeness (QED) is 0.641. The van der Waals surface area contributed by atoms with Gasteiger partial charge >= 0.3 is 12.5 Å². The normalized spacial score (nSPS) is 18.3. The monoisotopic (exact) mass is 398 g/mol. The van der Waals surface area contributed by atoms with Gasteiger partial charge in [0.05, 0.1) is 0 Å². The average molecular weight is 399 g/mol. The molecule has 0 radical (unpaired) electrons. The minimum absolute atomic E-state index is 0. The first-order chi connectivity index (χ1) is 11.9. The molecule has 0 saturated carbocycles. The summed E-state index contributed by atoms with van der Waals surface area (Å²) in [5.41, 5.74) is 0.547. The molecule has 1 unspecified atom stereocenters. The van der Waals surface area contributed by atoms with Crippen LogP contribution in [0, 0.1) is 5.92 Å². The predicted octanol–water partition coefficient (Wildman–Crippen LogP) is 4.73. The van der Waals surface area contributed by atoms with Gasteiger partial charge in [0.1, 0.15) is 5.75 Å². The van der Waals surface area contributed by atoms with E-state index in [0.717, 1.165) is 39.0 Å². The first kappa shape index (κ1) is 23.0. The van der Waals surface area contributed by atoms with Crippen molar-refractivity contribution in [3.8, 4) is 5.75 Å². The molecule has 1 aliphatic rings. The van der Waals surface area contributed by atoms with Crippen LogP contribution in [0.1, 0.15) is 38.3 Å². The molecule has 1 aromatic rings. The molecule has 8 heteroatoms. The molecule has 2 atom stereocenters. The third-order valence-corrected chi connectivity index (χ3v) is 4.57. The number of para-hydroxylation sites is 1. The first-order valence-electron chi connectivity index (χ1n) is 8.75. The third kappa shape index (κ3) is 5.72. The molecule has 0 aliphatic carbocycles. The number of nitrogens with one attached hydrogen (secondary N) is 1. The van der Waals surface area contributed by atoms with Gasteiger partial charge < -0.3 is 10.1 Å². The Kier molecular flexibility index (Phi) is 9.13. The van der Waals surface area contributed by atoms with E-state index in [9.17, 15) is 17.6 Å². The maximum atomic E-state index is 13.5. The second-order valence-electron chi connectivity index (χ2n) is 6.50. The molecule has 3 nitrogen and oxygen atoms in total. The van der Waals surface area contributed by atoms with E-state index in [1.165, 1.54) is 12.1 Å². The molecule has 0 amide bonds. The van der Waals surface area contributed by atoms with Crippen molar-refractivity contribution in [1.82, 2.24) is 10.2 Å². The number of ether oxygens (including phenoxy) is 1. The van der Waals surface area contributed by atoms with Crippen molar-refractivity contribution in [1.29, 1.82) is 0 Å². The molecule has 26 heavy (non-hydrogen) atoms. The zero-order chi connectivity index (χ0) is 18.4. The molecule has 0 bridgehead atoms. The van der Waals surface area contributed by atoms with Crippen molar-refractivity contribution in [3.05, 3.63) is 29.8 Å². The van der Waals surface area contributed by atoms with Gasteiger partial charge in [-0.15, -0.1) is 12.4 Å². The van der Waals surface area contributed by atoms with E-state index in [1.54, 1.807) is 12.1 Å². The van der Waals surface area contributed by atoms with E-state index >= 15 is 0 Å². The van der Waals surface area contributed by atoms with Gasteiger partial charge in [-0.3, -0.25) is 4.90 Å². The van der Waals surface area contributed by atoms with Crippen molar-refractivity contribution < 1.29 is 22.3 Å². The molecule has 0 aromatic heterocycles. The Morgan fingerprint density at radius 3 is 2.38 bits per heavy atom. The lowest BCUT2D eigenvalue weighted by Gasteiger charge is -2.39. The smallest absolute Gasteiger partial charge is 0.428 e. The van der Waals surface area contributed by atoms with Crippen LogP contribution in [0.2, 0.25) is 0 Å². The number of piperazine rings is 1. The van der Waals surface area contributed by atoms with Crippen LogP contribution in [0.4, 0.5) is 17.6 Å². The Morgan fingerprint density at radius 2 is 1.81 bits per heavy atom. The highest BCUT2D eigenvalue weighted by Crippen LogP contribution is 2.39. The van der Waals surface area contributed by atoms with Crippen LogP contribution in [0.5, 0.6) is 5.75 Å². The zero-order valence-electron chi connectivity index (χ0n) is 15.1. The largest absolute Gasteiger partial charge is 0.461 e. The number of hydrogen-bond donors (Lipinski definition) is 1. The lowest BCUT2D eigenvalue weighted by Crippen LogP contribution is -2.47. The molecule has 2 rings (SSSR count). The van der Waals surface area contributed by atoms with Gasteiger partial charge in [-0.2, -0.15) is 17.6 Å². The molecule has 150 valence electrons. The van der Waals surface area contributed by atoms with Crippen LogP contribution >= 0.6 is 12.4 Å². The molecule has 1 heterocycles. The Labute approximate surface area is 158 Å². The van der Waals surface area contributed by atoms with Gasteiger partial charge in [-0.1, -0.05) is 38.5 Å². The van der Waals surface area contributed by atoms with Gasteiger partial charge in [0.15, 0.2) is 0 Å². The van der Waals surface area contributed by atoms with Gasteiger partial charge in [0.2, 0.25) is 0 Å². The summed E-state index contributed by atoms with van der Waals surface area (Å²) in [6.45, 7) is 7.31. The number of benzene rings is 1. The summed E-state index contributed by atoms with van der Waals surface area (Å²) >= 11 is 0. The predicted molar refractivity (Wildman–Crippen MR) is 96.5 cm³/mol. The topological polar surface area (TPSA) is 24.5 Å². The summed E-state index contributed by atoms with van der Waals surface area (Å²) < 4.78 is 56.6. The summed E-state index contributed by atoms with van der Waals surface area (Å²) in [7, 11) is 0. The Bertz CT molecular complexity index is 542. The molecular formula is C18H27ClF4N2O. The van der Waals surface area contributed by atoms with Crippen molar-refractivity contribution in [2.24, 2.45) is 5.92 Å². The fourth-order valence-corrected chi connectivity index (χ4v) is 3.45. The molecule has 1 fully saturated rings. The fraction of sp³-hybridized carbons (Fsp3) is 0.667. The Morgan fingerprint density at radius 1 is 1.19 bits per heavy atom. The van der Waals surface area contributed by atoms with Crippen molar-refractivity contribution in [3.63, 3.8) is 0 Å². The van der Waals surface area contributed by atoms with Crippen LogP contribution in [0.3, 0.4) is 0 Å². The average Bonchev–Trinajstić information content (AvgIpc) is 2.57. The van der Waals surface area contributed by atoms with Crippen LogP contribution in [0.15, 0.2) is 24.3 Å². The van der Waals surface area contributed by atoms with E-state index in [1.807, 2.05) is 0 Å². The standard InChI is InChI=1S/C18H26F4N2O.ClH/c1-3-6-13(2)16(24-11-9-23-10-12-24)14-7-4-5-8-15(14)25-18(21,22)17(19)20;/h4-5,7-8,13,16-17,23H,3,6,9-12H2,1-2H3;1H/t13?,16-;/m0./s1. The summed E-state index contributed by atoms with van der Waals surface area (Å²) in [5, 5.41) is 3.27. The fourth-order valence-electron chi connectivity index (χ4n) is 3.45. The highest BCUT2D eigenvalue weighted by molar-refractivity contribution is 5.85. The lowest BCUT2D eigenvalue weighted by atomic mass is 9.88. The molecule has 1 saturated heterocycles. The molecule has 1 aromatic carbocycles. The van der Waals surface area contributed by atoms with E-state index in [2.05, 4.69) is 28.8 Å². The number of rotatable bonds is 8. The highest BCUT2D eigenvalue weighted by atomic mass is 35.5. The van der Waals surface area contributed by atoms with Crippen LogP contribution in [-0.2, 0) is 0 Å². The van der Waals surface area contributed by atoms with Gasteiger partial charge in [-0.05, 0) is 18.4 Å². The number of hydrogen-bond acceptors (Lipinski definition) is 3. The lowest BCUT2D eigenvalue weighted by molar-refractivity contribution is -0.253. The zero-order valence-corrected chi connectivity index (χ0v) is 15.9. The van der Waals surface area contributed by atoms with Gasteiger partial charge in [-0.25, -0.2) is 0 Å². The van der Waals surface area contributed by atoms with Gasteiger partial charge in [0, 0.05) is 37.8 Å². The second-order valence-corrected chi connectivity index (χ2v) is 6.50. The second kappa shape index (κ2) is 10.3. The minimum atomic E-state index is -4.50. The molecular weight excluding hydrogens is 372 g/mol. The Hall–Kier alpha value is -1.05. The summed E-state index contributed by atoms with van der Waals surface area (Å²) in [6.07, 6.45) is -6.50. The molecule has 0 spiro atoms. The maximum Gasteiger partial charge on any atom is 0.461 e. The van der Waals surface area contributed by atoms with Crippen LogP contribution in [-0.4, -0.2) is 43.6 Å². The van der Waals surface area contributed by atoms with E-state index < -0.39 is 12.5 Å². The van der Waals surface area contributed by atoms with E-state index in [4.69, 9.17) is 0 Å². The van der Waals surface area contributed by atoms with E-state index in [-0.39, 0.29) is 30.1 Å². The first-order valence-corrected chi connectivity index (χ1v) is 8.75. The maximum absolute atomic E-state index is 13.5.